The molecule has 2 aromatic rings. The second-order valence-electron chi connectivity index (χ2n) is 4.50. The minimum Gasteiger partial charge on any atom is -0.347 e. The van der Waals surface area contributed by atoms with Gasteiger partial charge in [-0.2, -0.15) is 0 Å². The molecule has 0 spiro atoms. The number of hydrogen-bond donors (Lipinski definition) is 3. The molecule has 1 aromatic carbocycles. The molecule has 18 heavy (non-hydrogen) atoms. The van der Waals surface area contributed by atoms with Crippen molar-refractivity contribution in [3.05, 3.63) is 34.2 Å². The van der Waals surface area contributed by atoms with Crippen LogP contribution < -0.4 is 11.4 Å². The molecule has 1 amide bonds. The minimum absolute atomic E-state index is 0.113. The zero-order valence-corrected chi connectivity index (χ0v) is 10.4. The average Bonchev–Trinajstić information content (AvgIpc) is 2.67. The van der Waals surface area contributed by atoms with Crippen LogP contribution in [0.25, 0.3) is 11.0 Å². The van der Waals surface area contributed by atoms with Crippen LogP contribution in [0, 0.1) is 0 Å². The predicted octanol–water partition coefficient (Wildman–Crippen LogP) is -0.186. The van der Waals surface area contributed by atoms with Gasteiger partial charge in [0.2, 0.25) is 5.91 Å². The molecule has 96 valence electrons. The van der Waals surface area contributed by atoms with Gasteiger partial charge in [-0.1, -0.05) is 6.07 Å². The van der Waals surface area contributed by atoms with Crippen molar-refractivity contribution in [2.24, 2.45) is 5.73 Å². The second kappa shape index (κ2) is 4.66. The average molecular weight is 248 g/mol. The van der Waals surface area contributed by atoms with Crippen molar-refractivity contribution in [2.75, 3.05) is 14.1 Å². The molecule has 1 heterocycles. The highest BCUT2D eigenvalue weighted by atomic mass is 16.2. The Labute approximate surface area is 104 Å². The van der Waals surface area contributed by atoms with E-state index in [1.165, 1.54) is 4.90 Å². The maximum atomic E-state index is 11.7. The first kappa shape index (κ1) is 12.4. The van der Waals surface area contributed by atoms with Gasteiger partial charge in [0.05, 0.1) is 17.1 Å². The molecule has 4 N–H and O–H groups in total. The third kappa shape index (κ3) is 2.43. The molecule has 0 fully saturated rings. The molecule has 2 rings (SSSR count). The van der Waals surface area contributed by atoms with Crippen molar-refractivity contribution in [3.63, 3.8) is 0 Å². The zero-order valence-electron chi connectivity index (χ0n) is 10.4. The van der Waals surface area contributed by atoms with Gasteiger partial charge in [0.25, 0.3) is 0 Å². The number of benzene rings is 1. The molecule has 6 heteroatoms. The molecule has 0 bridgehead atoms. The molecule has 1 aromatic heterocycles. The van der Waals surface area contributed by atoms with Crippen LogP contribution in [0.3, 0.4) is 0 Å². The van der Waals surface area contributed by atoms with Gasteiger partial charge in [-0.15, -0.1) is 0 Å². The Morgan fingerprint density at radius 1 is 1.33 bits per heavy atom. The van der Waals surface area contributed by atoms with E-state index in [0.717, 1.165) is 16.6 Å². The molecular weight excluding hydrogens is 232 g/mol. The summed E-state index contributed by atoms with van der Waals surface area (Å²) in [6, 6.07) is 4.92. The van der Waals surface area contributed by atoms with Crippen LogP contribution in [0.2, 0.25) is 0 Å². The SMILES string of the molecule is CN(C)C(=O)C(N)Cc1ccc2[nH]c(=O)[nH]c2c1. The molecule has 1 unspecified atom stereocenters. The van der Waals surface area contributed by atoms with Gasteiger partial charge in [-0.3, -0.25) is 4.79 Å². The summed E-state index contributed by atoms with van der Waals surface area (Å²) >= 11 is 0. The number of aromatic amines is 2. The number of carbonyl (C=O) groups is 1. The Balaban J connectivity index is 2.21. The molecule has 0 radical (unpaired) electrons. The molecule has 6 nitrogen and oxygen atoms in total. The number of rotatable bonds is 3. The van der Waals surface area contributed by atoms with Gasteiger partial charge in [0.15, 0.2) is 0 Å². The first-order valence-corrected chi connectivity index (χ1v) is 5.65. The van der Waals surface area contributed by atoms with Crippen molar-refractivity contribution in [3.8, 4) is 0 Å². The molecule has 1 atom stereocenters. The van der Waals surface area contributed by atoms with Crippen LogP contribution in [0.4, 0.5) is 0 Å². The summed E-state index contributed by atoms with van der Waals surface area (Å²) in [5.74, 6) is -0.113. The largest absolute Gasteiger partial charge is 0.347 e. The smallest absolute Gasteiger partial charge is 0.323 e. The van der Waals surface area contributed by atoms with Crippen molar-refractivity contribution in [1.82, 2.24) is 14.9 Å². The number of amides is 1. The fraction of sp³-hybridized carbons (Fsp3) is 0.333. The fourth-order valence-corrected chi connectivity index (χ4v) is 1.88. The fourth-order valence-electron chi connectivity index (χ4n) is 1.88. The minimum atomic E-state index is -0.567. The van der Waals surface area contributed by atoms with E-state index in [-0.39, 0.29) is 11.6 Å². The normalized spacial score (nSPS) is 12.6. The van der Waals surface area contributed by atoms with E-state index in [4.69, 9.17) is 5.73 Å². The number of nitrogens with one attached hydrogen (secondary N) is 2. The van der Waals surface area contributed by atoms with Crippen molar-refractivity contribution in [2.45, 2.75) is 12.5 Å². The van der Waals surface area contributed by atoms with Crippen LogP contribution in [-0.2, 0) is 11.2 Å². The van der Waals surface area contributed by atoms with Gasteiger partial charge < -0.3 is 20.6 Å². The quantitative estimate of drug-likeness (QED) is 0.702. The third-order valence-corrected chi connectivity index (χ3v) is 2.79. The first-order chi connectivity index (χ1) is 8.47. The Morgan fingerprint density at radius 2 is 2.00 bits per heavy atom. The topological polar surface area (TPSA) is 95.0 Å². The Kier molecular flexibility index (Phi) is 3.20. The van der Waals surface area contributed by atoms with E-state index in [9.17, 15) is 9.59 Å². The lowest BCUT2D eigenvalue weighted by atomic mass is 10.1. The number of hydrogen-bond acceptors (Lipinski definition) is 3. The summed E-state index contributed by atoms with van der Waals surface area (Å²) in [5.41, 5.74) is 7.98. The van der Waals surface area contributed by atoms with Gasteiger partial charge >= 0.3 is 5.69 Å². The summed E-state index contributed by atoms with van der Waals surface area (Å²) in [6.07, 6.45) is 0.445. The number of H-pyrrole nitrogens is 2. The van der Waals surface area contributed by atoms with Crippen LogP contribution in [-0.4, -0.2) is 40.9 Å². The predicted molar refractivity (Wildman–Crippen MR) is 69.3 cm³/mol. The number of aromatic nitrogens is 2. The van der Waals surface area contributed by atoms with Gasteiger partial charge in [0.1, 0.15) is 0 Å². The summed E-state index contributed by atoms with van der Waals surface area (Å²) in [4.78, 5) is 29.6. The van der Waals surface area contributed by atoms with Crippen molar-refractivity contribution >= 4 is 16.9 Å². The summed E-state index contributed by atoms with van der Waals surface area (Å²) in [7, 11) is 3.35. The Hall–Kier alpha value is -2.08. The summed E-state index contributed by atoms with van der Waals surface area (Å²) in [6.45, 7) is 0. The number of likely N-dealkylation sites (N-methyl/N-ethyl adjacent to an activating group) is 1. The van der Waals surface area contributed by atoms with Crippen molar-refractivity contribution < 1.29 is 4.79 Å². The summed E-state index contributed by atoms with van der Waals surface area (Å²) in [5, 5.41) is 0. The maximum Gasteiger partial charge on any atom is 0.323 e. The number of carbonyl (C=O) groups excluding carboxylic acids is 1. The number of nitrogens with zero attached hydrogens (tertiary/aromatic N) is 1. The molecule has 0 aliphatic carbocycles. The number of nitrogens with two attached hydrogens (primary N) is 1. The molecule has 0 aliphatic rings. The summed E-state index contributed by atoms with van der Waals surface area (Å²) < 4.78 is 0. The van der Waals surface area contributed by atoms with E-state index in [1.807, 2.05) is 12.1 Å². The lowest BCUT2D eigenvalue weighted by Gasteiger charge is -2.16. The van der Waals surface area contributed by atoms with E-state index in [1.54, 1.807) is 20.2 Å². The lowest BCUT2D eigenvalue weighted by molar-refractivity contribution is -0.130. The van der Waals surface area contributed by atoms with E-state index < -0.39 is 6.04 Å². The zero-order chi connectivity index (χ0) is 13.3. The maximum absolute atomic E-state index is 11.7. The highest BCUT2D eigenvalue weighted by Gasteiger charge is 2.16. The molecule has 0 saturated heterocycles. The van der Waals surface area contributed by atoms with Crippen LogP contribution >= 0.6 is 0 Å². The first-order valence-electron chi connectivity index (χ1n) is 5.65. The van der Waals surface area contributed by atoms with Gasteiger partial charge in [0, 0.05) is 14.1 Å². The molecule has 0 aliphatic heterocycles. The van der Waals surface area contributed by atoms with E-state index in [2.05, 4.69) is 9.97 Å². The van der Waals surface area contributed by atoms with Crippen LogP contribution in [0.5, 0.6) is 0 Å². The Bertz CT molecular complexity index is 626. The van der Waals surface area contributed by atoms with Crippen LogP contribution in [0.1, 0.15) is 5.56 Å². The van der Waals surface area contributed by atoms with Gasteiger partial charge in [-0.25, -0.2) is 4.79 Å². The Morgan fingerprint density at radius 3 is 2.67 bits per heavy atom. The van der Waals surface area contributed by atoms with Crippen molar-refractivity contribution in [1.29, 1.82) is 0 Å². The van der Waals surface area contributed by atoms with Crippen LogP contribution in [0.15, 0.2) is 23.0 Å². The standard InChI is InChI=1S/C12H16N4O2/c1-16(2)11(17)8(13)5-7-3-4-9-10(6-7)15-12(18)14-9/h3-4,6,8H,5,13H2,1-2H3,(H2,14,15,18). The highest BCUT2D eigenvalue weighted by Crippen LogP contribution is 2.11. The van der Waals surface area contributed by atoms with E-state index >= 15 is 0 Å². The number of imidazole rings is 1. The molecule has 0 saturated carbocycles. The number of fused-ring (bicyclic) bond motifs is 1. The van der Waals surface area contributed by atoms with Gasteiger partial charge in [-0.05, 0) is 24.1 Å². The second-order valence-corrected chi connectivity index (χ2v) is 4.50. The van der Waals surface area contributed by atoms with E-state index in [0.29, 0.717) is 6.42 Å². The lowest BCUT2D eigenvalue weighted by Crippen LogP contribution is -2.41. The molecular formula is C12H16N4O2. The monoisotopic (exact) mass is 248 g/mol. The third-order valence-electron chi connectivity index (χ3n) is 2.79. The highest BCUT2D eigenvalue weighted by molar-refractivity contribution is 5.82.